The Labute approximate surface area is 177 Å². The van der Waals surface area contributed by atoms with Crippen molar-refractivity contribution in [3.8, 4) is 5.75 Å². The topological polar surface area (TPSA) is 76.5 Å². The van der Waals surface area contributed by atoms with Gasteiger partial charge < -0.3 is 10.1 Å². The number of benzene rings is 1. The van der Waals surface area contributed by atoms with Gasteiger partial charge in [0.15, 0.2) is 5.78 Å². The molecule has 0 atom stereocenters. The molecule has 1 N–H and O–H groups in total. The van der Waals surface area contributed by atoms with Crippen LogP contribution in [0.4, 0.5) is 10.1 Å². The van der Waals surface area contributed by atoms with Crippen LogP contribution in [0.2, 0.25) is 5.02 Å². The minimum absolute atomic E-state index is 0.0220. The van der Waals surface area contributed by atoms with Gasteiger partial charge in [0.1, 0.15) is 18.2 Å². The highest BCUT2D eigenvalue weighted by molar-refractivity contribution is 6.30. The third-order valence-electron chi connectivity index (χ3n) is 4.60. The summed E-state index contributed by atoms with van der Waals surface area (Å²) in [6.45, 7) is 1.21. The SMILES string of the molecule is O=C1CC(COc2ccc(F)c(Cl)c2)=Nc2c1ccnc2CNCc1ccncc1. The molecule has 152 valence electrons. The van der Waals surface area contributed by atoms with Crippen LogP contribution in [-0.4, -0.2) is 28.1 Å². The number of fused-ring (bicyclic) bond motifs is 1. The van der Waals surface area contributed by atoms with Crippen molar-refractivity contribution in [1.29, 1.82) is 0 Å². The highest BCUT2D eigenvalue weighted by Crippen LogP contribution is 2.29. The summed E-state index contributed by atoms with van der Waals surface area (Å²) in [6.07, 6.45) is 5.26. The van der Waals surface area contributed by atoms with Crippen LogP contribution in [0, 0.1) is 5.82 Å². The zero-order valence-corrected chi connectivity index (χ0v) is 16.7. The number of halogens is 2. The van der Waals surface area contributed by atoms with Crippen molar-refractivity contribution in [3.63, 3.8) is 0 Å². The molecule has 0 bridgehead atoms. The van der Waals surface area contributed by atoms with Gasteiger partial charge in [-0.2, -0.15) is 0 Å². The lowest BCUT2D eigenvalue weighted by Gasteiger charge is -2.17. The summed E-state index contributed by atoms with van der Waals surface area (Å²) in [5.74, 6) is -0.139. The molecule has 30 heavy (non-hydrogen) atoms. The van der Waals surface area contributed by atoms with Gasteiger partial charge >= 0.3 is 0 Å². The van der Waals surface area contributed by atoms with Crippen LogP contribution in [-0.2, 0) is 13.1 Å². The van der Waals surface area contributed by atoms with Crippen molar-refractivity contribution in [3.05, 3.63) is 82.6 Å². The van der Waals surface area contributed by atoms with Crippen LogP contribution >= 0.6 is 11.6 Å². The Morgan fingerprint density at radius 2 is 1.93 bits per heavy atom. The fraction of sp³-hybridized carbons (Fsp3) is 0.182. The molecule has 0 saturated carbocycles. The monoisotopic (exact) mass is 424 g/mol. The Bertz CT molecular complexity index is 1110. The first-order chi connectivity index (χ1) is 14.6. The summed E-state index contributed by atoms with van der Waals surface area (Å²) in [6, 6.07) is 9.66. The zero-order valence-electron chi connectivity index (χ0n) is 15.9. The molecule has 1 aliphatic rings. The van der Waals surface area contributed by atoms with E-state index >= 15 is 0 Å². The van der Waals surface area contributed by atoms with Crippen LogP contribution < -0.4 is 10.1 Å². The van der Waals surface area contributed by atoms with Crippen molar-refractivity contribution >= 4 is 28.8 Å². The summed E-state index contributed by atoms with van der Waals surface area (Å²) in [5, 5.41) is 3.29. The second-order valence-electron chi connectivity index (χ2n) is 6.76. The molecular weight excluding hydrogens is 407 g/mol. The highest BCUT2D eigenvalue weighted by Gasteiger charge is 2.23. The number of pyridine rings is 2. The molecule has 3 aromatic rings. The average molecular weight is 425 g/mol. The molecule has 4 rings (SSSR count). The Morgan fingerprint density at radius 3 is 2.73 bits per heavy atom. The summed E-state index contributed by atoms with van der Waals surface area (Å²) < 4.78 is 18.9. The standard InChI is InChI=1S/C22H18ClFN4O2/c23-18-10-16(1-2-19(18)24)30-13-15-9-21(29)17-5-8-27-20(22(17)28-15)12-26-11-14-3-6-25-7-4-14/h1-8,10,26H,9,11-13H2. The lowest BCUT2D eigenvalue weighted by molar-refractivity contribution is 0.0998. The summed E-state index contributed by atoms with van der Waals surface area (Å²) in [4.78, 5) is 25.6. The first kappa shape index (κ1) is 20.1. The van der Waals surface area contributed by atoms with E-state index in [2.05, 4.69) is 20.3 Å². The number of rotatable bonds is 7. The smallest absolute Gasteiger partial charge is 0.170 e. The number of aliphatic imine (C=N–C) groups is 1. The van der Waals surface area contributed by atoms with Gasteiger partial charge in [-0.05, 0) is 35.9 Å². The van der Waals surface area contributed by atoms with Gasteiger partial charge in [0.25, 0.3) is 0 Å². The van der Waals surface area contributed by atoms with Gasteiger partial charge in [0, 0.05) is 43.3 Å². The van der Waals surface area contributed by atoms with Gasteiger partial charge in [-0.15, -0.1) is 0 Å². The number of ether oxygens (including phenoxy) is 1. The molecule has 0 spiro atoms. The van der Waals surface area contributed by atoms with Crippen molar-refractivity contribution in [2.45, 2.75) is 19.5 Å². The third kappa shape index (κ3) is 4.69. The molecule has 0 unspecified atom stereocenters. The molecule has 2 aromatic heterocycles. The minimum atomic E-state index is -0.516. The fourth-order valence-corrected chi connectivity index (χ4v) is 3.27. The van der Waals surface area contributed by atoms with Crippen LogP contribution in [0.5, 0.6) is 5.75 Å². The summed E-state index contributed by atoms with van der Waals surface area (Å²) >= 11 is 5.78. The van der Waals surface area contributed by atoms with E-state index in [0.717, 1.165) is 5.56 Å². The Morgan fingerprint density at radius 1 is 1.10 bits per heavy atom. The molecule has 0 amide bonds. The van der Waals surface area contributed by atoms with Gasteiger partial charge in [-0.25, -0.2) is 4.39 Å². The number of nitrogens with zero attached hydrogens (tertiary/aromatic N) is 3. The van der Waals surface area contributed by atoms with E-state index < -0.39 is 5.82 Å². The minimum Gasteiger partial charge on any atom is -0.488 e. The van der Waals surface area contributed by atoms with Gasteiger partial charge in [-0.3, -0.25) is 19.8 Å². The van der Waals surface area contributed by atoms with E-state index in [9.17, 15) is 9.18 Å². The maximum absolute atomic E-state index is 13.3. The van der Waals surface area contributed by atoms with Gasteiger partial charge in [-0.1, -0.05) is 11.6 Å². The second kappa shape index (κ2) is 9.11. The van der Waals surface area contributed by atoms with E-state index in [-0.39, 0.29) is 23.8 Å². The molecule has 3 heterocycles. The molecule has 1 aromatic carbocycles. The van der Waals surface area contributed by atoms with E-state index in [1.54, 1.807) is 24.7 Å². The van der Waals surface area contributed by atoms with Crippen molar-refractivity contribution < 1.29 is 13.9 Å². The van der Waals surface area contributed by atoms with E-state index in [4.69, 9.17) is 16.3 Å². The Balaban J connectivity index is 1.47. The average Bonchev–Trinajstić information content (AvgIpc) is 2.76. The van der Waals surface area contributed by atoms with E-state index in [0.29, 0.717) is 41.5 Å². The predicted octanol–water partition coefficient (Wildman–Crippen LogP) is 4.30. The number of carbonyl (C=O) groups is 1. The first-order valence-electron chi connectivity index (χ1n) is 9.35. The molecule has 8 heteroatoms. The number of hydrogen-bond acceptors (Lipinski definition) is 6. The number of hydrogen-bond donors (Lipinski definition) is 1. The third-order valence-corrected chi connectivity index (χ3v) is 4.89. The molecule has 0 saturated heterocycles. The molecule has 0 aliphatic carbocycles. The number of Topliss-reactive ketones (excluding diaryl/α,β-unsaturated/α-hetero) is 1. The second-order valence-corrected chi connectivity index (χ2v) is 7.16. The van der Waals surface area contributed by atoms with E-state index in [1.165, 1.54) is 18.2 Å². The number of ketones is 1. The molecular formula is C22H18ClFN4O2. The maximum atomic E-state index is 13.3. The van der Waals surface area contributed by atoms with Crippen LogP contribution in [0.3, 0.4) is 0 Å². The molecule has 6 nitrogen and oxygen atoms in total. The maximum Gasteiger partial charge on any atom is 0.170 e. The van der Waals surface area contributed by atoms with Crippen LogP contribution in [0.15, 0.2) is 60.0 Å². The highest BCUT2D eigenvalue weighted by atomic mass is 35.5. The van der Waals surface area contributed by atoms with E-state index in [1.807, 2.05) is 12.1 Å². The van der Waals surface area contributed by atoms with Crippen molar-refractivity contribution in [2.75, 3.05) is 6.61 Å². The predicted molar refractivity (Wildman–Crippen MR) is 112 cm³/mol. The summed E-state index contributed by atoms with van der Waals surface area (Å²) in [5.41, 5.74) is 3.49. The van der Waals surface area contributed by atoms with Crippen molar-refractivity contribution in [2.24, 2.45) is 4.99 Å². The Hall–Kier alpha value is -3.16. The number of nitrogens with one attached hydrogen (secondary N) is 1. The Kier molecular flexibility index (Phi) is 6.11. The first-order valence-corrected chi connectivity index (χ1v) is 9.73. The summed E-state index contributed by atoms with van der Waals surface area (Å²) in [7, 11) is 0. The fourth-order valence-electron chi connectivity index (χ4n) is 3.10. The molecule has 0 fully saturated rings. The van der Waals surface area contributed by atoms with Crippen LogP contribution in [0.1, 0.15) is 28.0 Å². The largest absolute Gasteiger partial charge is 0.488 e. The quantitative estimate of drug-likeness (QED) is 0.612. The molecule has 1 aliphatic heterocycles. The number of carbonyl (C=O) groups excluding carboxylic acids is 1. The normalized spacial score (nSPS) is 13.0. The number of aromatic nitrogens is 2. The molecule has 0 radical (unpaired) electrons. The van der Waals surface area contributed by atoms with Crippen molar-refractivity contribution in [1.82, 2.24) is 15.3 Å². The van der Waals surface area contributed by atoms with Crippen LogP contribution in [0.25, 0.3) is 0 Å². The van der Waals surface area contributed by atoms with Gasteiger partial charge in [0.2, 0.25) is 0 Å². The lowest BCUT2D eigenvalue weighted by atomic mass is 10.00. The lowest BCUT2D eigenvalue weighted by Crippen LogP contribution is -2.21. The zero-order chi connectivity index (χ0) is 20.9. The van der Waals surface area contributed by atoms with Gasteiger partial charge in [0.05, 0.1) is 28.5 Å².